The van der Waals surface area contributed by atoms with Gasteiger partial charge in [0, 0.05) is 24.0 Å². The molecule has 3 rings (SSSR count). The maximum atomic E-state index is 11.9. The van der Waals surface area contributed by atoms with Crippen LogP contribution in [0.2, 0.25) is 0 Å². The zero-order valence-electron chi connectivity index (χ0n) is 12.3. The summed E-state index contributed by atoms with van der Waals surface area (Å²) in [6, 6.07) is 5.53. The second-order valence-corrected chi connectivity index (χ2v) is 6.23. The van der Waals surface area contributed by atoms with Crippen LogP contribution in [0.25, 0.3) is 0 Å². The van der Waals surface area contributed by atoms with Gasteiger partial charge in [-0.05, 0) is 30.7 Å². The number of piperidine rings is 1. The van der Waals surface area contributed by atoms with E-state index in [1.807, 2.05) is 23.6 Å². The number of carbonyl (C=O) groups is 1. The van der Waals surface area contributed by atoms with Gasteiger partial charge in [0.1, 0.15) is 18.0 Å². The van der Waals surface area contributed by atoms with E-state index in [-0.39, 0.29) is 6.03 Å². The Hall–Kier alpha value is -2.15. The van der Waals surface area contributed by atoms with Crippen LogP contribution in [0, 0.1) is 0 Å². The fourth-order valence-corrected chi connectivity index (χ4v) is 3.10. The molecule has 0 spiro atoms. The number of nitrogens with one attached hydrogen (secondary N) is 2. The quantitative estimate of drug-likeness (QED) is 0.910. The highest BCUT2D eigenvalue weighted by Crippen LogP contribution is 2.19. The summed E-state index contributed by atoms with van der Waals surface area (Å²) in [7, 11) is 0. The van der Waals surface area contributed by atoms with Crippen LogP contribution in [0.1, 0.15) is 24.1 Å². The third-order valence-corrected chi connectivity index (χ3v) is 4.45. The van der Waals surface area contributed by atoms with Crippen molar-refractivity contribution in [1.82, 2.24) is 15.3 Å². The Kier molecular flexibility index (Phi) is 4.85. The summed E-state index contributed by atoms with van der Waals surface area (Å²) in [6.45, 7) is 2.55. The summed E-state index contributed by atoms with van der Waals surface area (Å²) >= 11 is 1.62. The van der Waals surface area contributed by atoms with Crippen molar-refractivity contribution in [2.45, 2.75) is 25.8 Å². The van der Waals surface area contributed by atoms with Crippen molar-refractivity contribution in [1.29, 1.82) is 0 Å². The van der Waals surface area contributed by atoms with Gasteiger partial charge < -0.3 is 10.2 Å². The van der Waals surface area contributed by atoms with Gasteiger partial charge in [-0.15, -0.1) is 11.3 Å². The Balaban J connectivity index is 1.56. The standard InChI is InChI=1S/C15H19N5OS/c21-15(16-10-12-5-4-8-22-12)19-13-9-14(18-11-17-13)20-6-2-1-3-7-20/h4-5,8-9,11H,1-3,6-7,10H2,(H2,16,17,18,19,21). The number of amides is 2. The molecule has 2 aromatic rings. The van der Waals surface area contributed by atoms with Crippen molar-refractivity contribution in [3.63, 3.8) is 0 Å². The van der Waals surface area contributed by atoms with Crippen LogP contribution in [0.3, 0.4) is 0 Å². The van der Waals surface area contributed by atoms with Gasteiger partial charge in [0.25, 0.3) is 0 Å². The Morgan fingerprint density at radius 2 is 2.14 bits per heavy atom. The van der Waals surface area contributed by atoms with E-state index in [1.165, 1.54) is 25.6 Å². The Morgan fingerprint density at radius 1 is 1.27 bits per heavy atom. The molecule has 22 heavy (non-hydrogen) atoms. The molecular formula is C15H19N5OS. The molecule has 1 saturated heterocycles. The fraction of sp³-hybridized carbons (Fsp3) is 0.400. The van der Waals surface area contributed by atoms with E-state index in [2.05, 4.69) is 25.5 Å². The van der Waals surface area contributed by atoms with Crippen LogP contribution in [0.15, 0.2) is 29.9 Å². The summed E-state index contributed by atoms with van der Waals surface area (Å²) in [5, 5.41) is 7.57. The molecule has 2 amide bonds. The largest absolute Gasteiger partial charge is 0.356 e. The van der Waals surface area contributed by atoms with E-state index in [9.17, 15) is 4.79 Å². The minimum Gasteiger partial charge on any atom is -0.356 e. The first-order valence-electron chi connectivity index (χ1n) is 7.45. The highest BCUT2D eigenvalue weighted by atomic mass is 32.1. The third-order valence-electron chi connectivity index (χ3n) is 3.58. The number of hydrogen-bond donors (Lipinski definition) is 2. The van der Waals surface area contributed by atoms with Gasteiger partial charge in [-0.25, -0.2) is 14.8 Å². The normalized spacial score (nSPS) is 14.6. The molecule has 1 fully saturated rings. The fourth-order valence-electron chi connectivity index (χ4n) is 2.45. The van der Waals surface area contributed by atoms with Crippen LogP contribution in [-0.4, -0.2) is 29.1 Å². The molecule has 0 aromatic carbocycles. The van der Waals surface area contributed by atoms with E-state index in [0.717, 1.165) is 23.8 Å². The van der Waals surface area contributed by atoms with Gasteiger partial charge in [-0.1, -0.05) is 6.07 Å². The first kappa shape index (κ1) is 14.8. The second-order valence-electron chi connectivity index (χ2n) is 5.20. The number of thiophene rings is 1. The lowest BCUT2D eigenvalue weighted by molar-refractivity contribution is 0.252. The average Bonchev–Trinajstić information content (AvgIpc) is 3.08. The van der Waals surface area contributed by atoms with Gasteiger partial charge in [-0.3, -0.25) is 5.32 Å². The third kappa shape index (κ3) is 3.94. The molecule has 0 atom stereocenters. The highest BCUT2D eigenvalue weighted by Gasteiger charge is 2.13. The minimum absolute atomic E-state index is 0.253. The predicted molar refractivity (Wildman–Crippen MR) is 88.3 cm³/mol. The summed E-state index contributed by atoms with van der Waals surface area (Å²) < 4.78 is 0. The summed E-state index contributed by atoms with van der Waals surface area (Å²) in [6.07, 6.45) is 5.15. The molecule has 3 heterocycles. The average molecular weight is 317 g/mol. The lowest BCUT2D eigenvalue weighted by Crippen LogP contribution is -2.31. The zero-order valence-corrected chi connectivity index (χ0v) is 13.1. The number of urea groups is 1. The first-order chi connectivity index (χ1) is 10.8. The molecule has 0 saturated carbocycles. The molecule has 0 unspecified atom stereocenters. The van der Waals surface area contributed by atoms with Crippen molar-refractivity contribution < 1.29 is 4.79 Å². The van der Waals surface area contributed by atoms with E-state index in [0.29, 0.717) is 12.4 Å². The SMILES string of the molecule is O=C(NCc1cccs1)Nc1cc(N2CCCCC2)ncn1. The molecule has 1 aliphatic heterocycles. The van der Waals surface area contributed by atoms with Crippen LogP contribution < -0.4 is 15.5 Å². The molecule has 0 bridgehead atoms. The zero-order chi connectivity index (χ0) is 15.2. The van der Waals surface area contributed by atoms with Gasteiger partial charge in [0.05, 0.1) is 6.54 Å². The molecule has 2 aromatic heterocycles. The molecular weight excluding hydrogens is 298 g/mol. The van der Waals surface area contributed by atoms with Crippen molar-refractivity contribution in [3.05, 3.63) is 34.8 Å². The number of rotatable bonds is 4. The van der Waals surface area contributed by atoms with Crippen LogP contribution in [0.4, 0.5) is 16.4 Å². The van der Waals surface area contributed by atoms with E-state index < -0.39 is 0 Å². The predicted octanol–water partition coefficient (Wildman–Crippen LogP) is 2.85. The lowest BCUT2D eigenvalue weighted by atomic mass is 10.1. The number of nitrogens with zero attached hydrogens (tertiary/aromatic N) is 3. The van der Waals surface area contributed by atoms with Crippen molar-refractivity contribution in [3.8, 4) is 0 Å². The van der Waals surface area contributed by atoms with Crippen molar-refractivity contribution in [2.75, 3.05) is 23.3 Å². The maximum Gasteiger partial charge on any atom is 0.320 e. The van der Waals surface area contributed by atoms with Crippen LogP contribution in [0.5, 0.6) is 0 Å². The van der Waals surface area contributed by atoms with Gasteiger partial charge in [-0.2, -0.15) is 0 Å². The monoisotopic (exact) mass is 317 g/mol. The lowest BCUT2D eigenvalue weighted by Gasteiger charge is -2.27. The Labute approximate surface area is 133 Å². The number of hydrogen-bond acceptors (Lipinski definition) is 5. The minimum atomic E-state index is -0.253. The van der Waals surface area contributed by atoms with Crippen LogP contribution >= 0.6 is 11.3 Å². The van der Waals surface area contributed by atoms with Gasteiger partial charge in [0.2, 0.25) is 0 Å². The molecule has 0 aliphatic carbocycles. The number of aromatic nitrogens is 2. The molecule has 1 aliphatic rings. The first-order valence-corrected chi connectivity index (χ1v) is 8.33. The van der Waals surface area contributed by atoms with E-state index in [1.54, 1.807) is 11.3 Å². The summed E-state index contributed by atoms with van der Waals surface area (Å²) in [5.41, 5.74) is 0. The van der Waals surface area contributed by atoms with E-state index in [4.69, 9.17) is 0 Å². The van der Waals surface area contributed by atoms with Gasteiger partial charge >= 0.3 is 6.03 Å². The Morgan fingerprint density at radius 3 is 2.91 bits per heavy atom. The second kappa shape index (κ2) is 7.22. The topological polar surface area (TPSA) is 70.2 Å². The molecule has 116 valence electrons. The van der Waals surface area contributed by atoms with Gasteiger partial charge in [0.15, 0.2) is 0 Å². The van der Waals surface area contributed by atoms with Crippen molar-refractivity contribution in [2.24, 2.45) is 0 Å². The number of carbonyl (C=O) groups excluding carboxylic acids is 1. The molecule has 0 radical (unpaired) electrons. The smallest absolute Gasteiger partial charge is 0.320 e. The molecule has 6 nitrogen and oxygen atoms in total. The summed E-state index contributed by atoms with van der Waals surface area (Å²) in [4.78, 5) is 23.7. The van der Waals surface area contributed by atoms with Crippen LogP contribution in [-0.2, 0) is 6.54 Å². The Bertz CT molecular complexity index is 610. The number of anilines is 2. The molecule has 7 heteroatoms. The highest BCUT2D eigenvalue weighted by molar-refractivity contribution is 7.09. The van der Waals surface area contributed by atoms with E-state index >= 15 is 0 Å². The summed E-state index contributed by atoms with van der Waals surface area (Å²) in [5.74, 6) is 1.41. The van der Waals surface area contributed by atoms with Crippen molar-refractivity contribution >= 4 is 29.0 Å². The maximum absolute atomic E-state index is 11.9. The molecule has 2 N–H and O–H groups in total.